The Morgan fingerprint density at radius 1 is 1.47 bits per heavy atom. The molecule has 15 heavy (non-hydrogen) atoms. The molecule has 1 aliphatic rings. The third kappa shape index (κ3) is 4.51. The maximum Gasteiger partial charge on any atom is 0.317 e. The zero-order valence-corrected chi connectivity index (χ0v) is 10.0. The number of hydrogen-bond donors (Lipinski definition) is 2. The zero-order chi connectivity index (χ0) is 11.3. The molecule has 2 N–H and O–H groups in total. The van der Waals surface area contributed by atoms with Gasteiger partial charge in [0.15, 0.2) is 0 Å². The van der Waals surface area contributed by atoms with Crippen LogP contribution in [0.5, 0.6) is 0 Å². The van der Waals surface area contributed by atoms with Crippen molar-refractivity contribution in [3.63, 3.8) is 0 Å². The summed E-state index contributed by atoms with van der Waals surface area (Å²) >= 11 is 0. The molecule has 0 aliphatic carbocycles. The first-order valence-corrected chi connectivity index (χ1v) is 5.85. The molecule has 0 saturated carbocycles. The molecular weight excluding hydrogens is 190 g/mol. The van der Waals surface area contributed by atoms with Crippen LogP contribution in [0, 0.1) is 5.92 Å². The van der Waals surface area contributed by atoms with Crippen LogP contribution in [0.3, 0.4) is 0 Å². The Morgan fingerprint density at radius 2 is 2.20 bits per heavy atom. The molecule has 0 aromatic carbocycles. The summed E-state index contributed by atoms with van der Waals surface area (Å²) < 4.78 is 0. The van der Waals surface area contributed by atoms with E-state index in [0.717, 1.165) is 32.1 Å². The smallest absolute Gasteiger partial charge is 0.317 e. The number of urea groups is 1. The summed E-state index contributed by atoms with van der Waals surface area (Å²) in [5, 5.41) is 6.24. The minimum Gasteiger partial charge on any atom is -0.336 e. The predicted molar refractivity (Wildman–Crippen MR) is 61.9 cm³/mol. The van der Waals surface area contributed by atoms with E-state index in [9.17, 15) is 4.79 Å². The van der Waals surface area contributed by atoms with Crippen molar-refractivity contribution >= 4 is 6.03 Å². The lowest BCUT2D eigenvalue weighted by Crippen LogP contribution is -2.38. The molecule has 88 valence electrons. The lowest BCUT2D eigenvalue weighted by atomic mass is 10.1. The molecule has 2 amide bonds. The van der Waals surface area contributed by atoms with Crippen molar-refractivity contribution in [3.8, 4) is 0 Å². The van der Waals surface area contributed by atoms with Gasteiger partial charge in [0.05, 0.1) is 0 Å². The van der Waals surface area contributed by atoms with Gasteiger partial charge in [0.1, 0.15) is 0 Å². The van der Waals surface area contributed by atoms with Gasteiger partial charge in [-0.3, -0.25) is 0 Å². The monoisotopic (exact) mass is 213 g/mol. The van der Waals surface area contributed by atoms with Gasteiger partial charge >= 0.3 is 6.03 Å². The minimum absolute atomic E-state index is 0.0771. The van der Waals surface area contributed by atoms with E-state index in [-0.39, 0.29) is 6.03 Å². The molecule has 4 heteroatoms. The van der Waals surface area contributed by atoms with Crippen LogP contribution in [0.15, 0.2) is 0 Å². The van der Waals surface area contributed by atoms with E-state index in [1.165, 1.54) is 6.42 Å². The molecule has 0 bridgehead atoms. The lowest BCUT2D eigenvalue weighted by molar-refractivity contribution is 0.216. The fraction of sp³-hybridized carbons (Fsp3) is 0.909. The van der Waals surface area contributed by atoms with Gasteiger partial charge in [-0.25, -0.2) is 4.79 Å². The maximum absolute atomic E-state index is 11.2. The Labute approximate surface area is 92.4 Å². The van der Waals surface area contributed by atoms with Crippen LogP contribution in [0.2, 0.25) is 0 Å². The fourth-order valence-electron chi connectivity index (χ4n) is 1.96. The van der Waals surface area contributed by atoms with Crippen LogP contribution in [0.1, 0.15) is 27.2 Å². The lowest BCUT2D eigenvalue weighted by Gasteiger charge is -2.19. The molecule has 1 atom stereocenters. The Kier molecular flexibility index (Phi) is 4.88. The Balaban J connectivity index is 2.07. The van der Waals surface area contributed by atoms with Crippen molar-refractivity contribution in [2.24, 2.45) is 5.92 Å². The molecule has 4 nitrogen and oxygen atoms in total. The highest BCUT2D eigenvalue weighted by Crippen LogP contribution is 2.03. The van der Waals surface area contributed by atoms with Crippen molar-refractivity contribution in [3.05, 3.63) is 0 Å². The number of hydrogen-bond acceptors (Lipinski definition) is 2. The first-order valence-electron chi connectivity index (χ1n) is 5.85. The molecule has 1 fully saturated rings. The fourth-order valence-corrected chi connectivity index (χ4v) is 1.96. The minimum atomic E-state index is 0.0771. The highest BCUT2D eigenvalue weighted by molar-refractivity contribution is 5.76. The second-order valence-corrected chi connectivity index (χ2v) is 4.70. The second-order valence-electron chi connectivity index (χ2n) is 4.70. The molecule has 1 heterocycles. The van der Waals surface area contributed by atoms with Crippen LogP contribution in [-0.2, 0) is 0 Å². The summed E-state index contributed by atoms with van der Waals surface area (Å²) in [6.07, 6.45) is 1.19. The molecule has 1 aliphatic heterocycles. The van der Waals surface area contributed by atoms with Gasteiger partial charge in [-0.15, -0.1) is 0 Å². The van der Waals surface area contributed by atoms with Gasteiger partial charge in [0.2, 0.25) is 0 Å². The molecule has 1 unspecified atom stereocenters. The van der Waals surface area contributed by atoms with Crippen LogP contribution >= 0.6 is 0 Å². The van der Waals surface area contributed by atoms with Crippen molar-refractivity contribution in [2.45, 2.75) is 33.2 Å². The third-order valence-electron chi connectivity index (χ3n) is 2.64. The van der Waals surface area contributed by atoms with Gasteiger partial charge in [0, 0.05) is 32.2 Å². The molecular formula is C11H23N3O. The Hall–Kier alpha value is -0.770. The summed E-state index contributed by atoms with van der Waals surface area (Å²) in [7, 11) is 0. The first kappa shape index (κ1) is 12.3. The van der Waals surface area contributed by atoms with Gasteiger partial charge in [-0.05, 0) is 19.3 Å². The summed E-state index contributed by atoms with van der Waals surface area (Å²) in [6.45, 7) is 10.00. The molecule has 0 spiro atoms. The van der Waals surface area contributed by atoms with Crippen LogP contribution in [0.4, 0.5) is 4.79 Å². The Morgan fingerprint density at radius 3 is 2.73 bits per heavy atom. The summed E-state index contributed by atoms with van der Waals surface area (Å²) in [5.41, 5.74) is 0. The number of carbonyl (C=O) groups excluding carboxylic acids is 1. The second kappa shape index (κ2) is 5.95. The number of nitrogens with one attached hydrogen (secondary N) is 2. The van der Waals surface area contributed by atoms with E-state index in [4.69, 9.17) is 0 Å². The van der Waals surface area contributed by atoms with Gasteiger partial charge < -0.3 is 15.5 Å². The molecule has 0 aromatic rings. The molecule has 1 rings (SSSR count). The maximum atomic E-state index is 11.2. The SMILES string of the molecule is CC(C)CC(C)NCCN1CCNC1=O. The van der Waals surface area contributed by atoms with Gasteiger partial charge in [-0.1, -0.05) is 13.8 Å². The van der Waals surface area contributed by atoms with Crippen molar-refractivity contribution in [1.82, 2.24) is 15.5 Å². The molecule has 0 aromatic heterocycles. The normalized spacial score (nSPS) is 18.4. The van der Waals surface area contributed by atoms with Crippen LogP contribution in [-0.4, -0.2) is 43.2 Å². The van der Waals surface area contributed by atoms with E-state index in [1.807, 2.05) is 4.90 Å². The summed E-state index contributed by atoms with van der Waals surface area (Å²) in [5.74, 6) is 0.725. The van der Waals surface area contributed by atoms with E-state index in [1.54, 1.807) is 0 Å². The highest BCUT2D eigenvalue weighted by Gasteiger charge is 2.18. The standard InChI is InChI=1S/C11H23N3O/c1-9(2)8-10(3)12-4-6-14-7-5-13-11(14)15/h9-10,12H,4-8H2,1-3H3,(H,13,15). The predicted octanol–water partition coefficient (Wildman–Crippen LogP) is 1.04. The summed E-state index contributed by atoms with van der Waals surface area (Å²) in [4.78, 5) is 13.1. The van der Waals surface area contributed by atoms with Gasteiger partial charge in [-0.2, -0.15) is 0 Å². The average molecular weight is 213 g/mol. The number of rotatable bonds is 6. The molecule has 1 saturated heterocycles. The quantitative estimate of drug-likeness (QED) is 0.692. The van der Waals surface area contributed by atoms with Crippen molar-refractivity contribution in [2.75, 3.05) is 26.2 Å². The number of nitrogens with zero attached hydrogens (tertiary/aromatic N) is 1. The topological polar surface area (TPSA) is 44.4 Å². The first-order chi connectivity index (χ1) is 7.09. The van der Waals surface area contributed by atoms with E-state index >= 15 is 0 Å². The van der Waals surface area contributed by atoms with Crippen molar-refractivity contribution in [1.29, 1.82) is 0 Å². The van der Waals surface area contributed by atoms with Crippen LogP contribution in [0.25, 0.3) is 0 Å². The molecule has 0 radical (unpaired) electrons. The van der Waals surface area contributed by atoms with E-state index in [0.29, 0.717) is 6.04 Å². The van der Waals surface area contributed by atoms with E-state index in [2.05, 4.69) is 31.4 Å². The van der Waals surface area contributed by atoms with Crippen LogP contribution < -0.4 is 10.6 Å². The van der Waals surface area contributed by atoms with Gasteiger partial charge in [0.25, 0.3) is 0 Å². The summed E-state index contributed by atoms with van der Waals surface area (Å²) in [6, 6.07) is 0.615. The Bertz CT molecular complexity index is 206. The number of amides is 2. The average Bonchev–Trinajstić information content (AvgIpc) is 2.50. The highest BCUT2D eigenvalue weighted by atomic mass is 16.2. The number of carbonyl (C=O) groups is 1. The third-order valence-corrected chi connectivity index (χ3v) is 2.64. The zero-order valence-electron chi connectivity index (χ0n) is 10.0. The largest absolute Gasteiger partial charge is 0.336 e. The van der Waals surface area contributed by atoms with Crippen molar-refractivity contribution < 1.29 is 4.79 Å². The van der Waals surface area contributed by atoms with E-state index < -0.39 is 0 Å².